The first kappa shape index (κ1) is 27.1. The molecule has 0 saturated carbocycles. The van der Waals surface area contributed by atoms with E-state index in [1.54, 1.807) is 26.1 Å². The van der Waals surface area contributed by atoms with Gasteiger partial charge >= 0.3 is 0 Å². The Morgan fingerprint density at radius 2 is 1.85 bits per heavy atom. The molecule has 1 fully saturated rings. The summed E-state index contributed by atoms with van der Waals surface area (Å²) in [5, 5.41) is 5.38. The fourth-order valence-electron chi connectivity index (χ4n) is 4.68. The van der Waals surface area contributed by atoms with E-state index in [0.717, 1.165) is 6.07 Å². The van der Waals surface area contributed by atoms with Crippen molar-refractivity contribution in [3.63, 3.8) is 0 Å². The highest BCUT2D eigenvalue weighted by Gasteiger charge is 2.24. The van der Waals surface area contributed by atoms with Crippen LogP contribution in [0.5, 0.6) is 0 Å². The molecular formula is C27H26F3N7O3. The van der Waals surface area contributed by atoms with Gasteiger partial charge in [-0.25, -0.2) is 27.8 Å². The molecule has 1 aliphatic rings. The third kappa shape index (κ3) is 5.07. The Balaban J connectivity index is 1.70. The number of ether oxygens (including phenoxy) is 1. The van der Waals surface area contributed by atoms with Gasteiger partial charge in [0.05, 0.1) is 54.4 Å². The van der Waals surface area contributed by atoms with Crippen molar-refractivity contribution < 1.29 is 22.7 Å². The number of hydrogen-bond donors (Lipinski definition) is 2. The molecular weight excluding hydrogens is 527 g/mol. The number of anilines is 1. The number of nitrogens with zero attached hydrogens (tertiary/aromatic N) is 5. The number of carbonyl (C=O) groups excluding carboxylic acids is 1. The van der Waals surface area contributed by atoms with Crippen molar-refractivity contribution >= 4 is 22.6 Å². The lowest BCUT2D eigenvalue weighted by Gasteiger charge is -2.31. The number of benzene rings is 1. The number of morpholine rings is 1. The van der Waals surface area contributed by atoms with Crippen LogP contribution in [0.2, 0.25) is 0 Å². The van der Waals surface area contributed by atoms with Crippen molar-refractivity contribution in [3.8, 4) is 11.1 Å². The smallest absolute Gasteiger partial charge is 0.279 e. The Bertz CT molecular complexity index is 1640. The summed E-state index contributed by atoms with van der Waals surface area (Å²) in [6.45, 7) is 4.99. The summed E-state index contributed by atoms with van der Waals surface area (Å²) in [7, 11) is 0. The van der Waals surface area contributed by atoms with Crippen molar-refractivity contribution in [1.82, 2.24) is 19.6 Å². The Morgan fingerprint density at radius 3 is 2.50 bits per heavy atom. The van der Waals surface area contributed by atoms with Crippen molar-refractivity contribution in [1.29, 1.82) is 0 Å². The molecule has 1 saturated heterocycles. The van der Waals surface area contributed by atoms with Gasteiger partial charge in [0, 0.05) is 23.5 Å². The molecule has 0 unspecified atom stereocenters. The van der Waals surface area contributed by atoms with E-state index < -0.39 is 29.8 Å². The normalized spacial score (nSPS) is 14.5. The summed E-state index contributed by atoms with van der Waals surface area (Å²) in [4.78, 5) is 38.6. The van der Waals surface area contributed by atoms with Gasteiger partial charge in [-0.1, -0.05) is 24.3 Å². The standard InChI is InChI=1S/C27H26F3N7O3/c1-14(17-4-3-5-18(22(17)28)24(29)30)33-26-19-13-37(36-8-10-40-11-9-36)27(39)21(23(19)34-15(2)35-26)16-6-7-20(25(31)38)32-12-16/h3-7,12-14,24H,8-11H2,1-2H3,(H2,31,38)(H,33,34,35)/t14-/m1/s1. The second-order valence-corrected chi connectivity index (χ2v) is 9.32. The van der Waals surface area contributed by atoms with Crippen LogP contribution in [-0.4, -0.2) is 51.8 Å². The molecule has 3 N–H and O–H groups in total. The second-order valence-electron chi connectivity index (χ2n) is 9.32. The van der Waals surface area contributed by atoms with Crippen molar-refractivity contribution in [2.45, 2.75) is 26.3 Å². The molecule has 0 spiro atoms. The van der Waals surface area contributed by atoms with E-state index in [1.165, 1.54) is 29.1 Å². The molecule has 1 atom stereocenters. The van der Waals surface area contributed by atoms with E-state index in [0.29, 0.717) is 48.6 Å². The van der Waals surface area contributed by atoms with Crippen molar-refractivity contribution in [3.05, 3.63) is 81.5 Å². The van der Waals surface area contributed by atoms with Gasteiger partial charge in [0.2, 0.25) is 0 Å². The lowest BCUT2D eigenvalue weighted by Crippen LogP contribution is -2.49. The molecule has 1 amide bonds. The number of aromatic nitrogens is 4. The maximum absolute atomic E-state index is 14.9. The number of pyridine rings is 2. The van der Waals surface area contributed by atoms with E-state index >= 15 is 0 Å². The Morgan fingerprint density at radius 1 is 1.12 bits per heavy atom. The number of fused-ring (bicyclic) bond motifs is 1. The number of primary amides is 1. The van der Waals surface area contributed by atoms with Gasteiger partial charge in [0.25, 0.3) is 17.9 Å². The maximum atomic E-state index is 14.9. The molecule has 13 heteroatoms. The van der Waals surface area contributed by atoms with Crippen LogP contribution in [0, 0.1) is 12.7 Å². The van der Waals surface area contributed by atoms with E-state index in [-0.39, 0.29) is 28.2 Å². The van der Waals surface area contributed by atoms with Crippen LogP contribution in [0.1, 0.15) is 46.8 Å². The summed E-state index contributed by atoms with van der Waals surface area (Å²) in [5.74, 6) is -1.12. The first-order valence-electron chi connectivity index (χ1n) is 12.5. The number of carbonyl (C=O) groups is 1. The largest absolute Gasteiger partial charge is 0.378 e. The zero-order valence-corrected chi connectivity index (χ0v) is 21.7. The zero-order chi connectivity index (χ0) is 28.6. The molecule has 0 radical (unpaired) electrons. The third-order valence-electron chi connectivity index (χ3n) is 6.68. The maximum Gasteiger partial charge on any atom is 0.279 e. The number of alkyl halides is 2. The van der Waals surface area contributed by atoms with Crippen LogP contribution in [0.3, 0.4) is 0 Å². The summed E-state index contributed by atoms with van der Waals surface area (Å²) in [6, 6.07) is 6.06. The number of hydrogen-bond acceptors (Lipinski definition) is 8. The molecule has 5 rings (SSSR count). The molecule has 10 nitrogen and oxygen atoms in total. The van der Waals surface area contributed by atoms with Crippen LogP contribution in [0.4, 0.5) is 19.0 Å². The number of rotatable bonds is 7. The minimum atomic E-state index is -2.96. The van der Waals surface area contributed by atoms with Crippen LogP contribution in [-0.2, 0) is 4.74 Å². The fourth-order valence-corrected chi connectivity index (χ4v) is 4.68. The van der Waals surface area contributed by atoms with E-state index in [2.05, 4.69) is 20.3 Å². The van der Waals surface area contributed by atoms with Gasteiger partial charge in [0.1, 0.15) is 23.2 Å². The van der Waals surface area contributed by atoms with Gasteiger partial charge in [-0.3, -0.25) is 14.6 Å². The SMILES string of the molecule is Cc1nc(N[C@H](C)c2cccc(C(F)F)c2F)c2cn(N3CCOCC3)c(=O)c(-c3ccc(C(N)=O)nc3)c2n1. The van der Waals surface area contributed by atoms with Crippen LogP contribution < -0.4 is 21.6 Å². The van der Waals surface area contributed by atoms with Gasteiger partial charge in [-0.15, -0.1) is 0 Å². The number of amides is 1. The molecule has 4 aromatic rings. The van der Waals surface area contributed by atoms with E-state index in [4.69, 9.17) is 10.5 Å². The van der Waals surface area contributed by atoms with Crippen molar-refractivity contribution in [2.24, 2.45) is 5.73 Å². The monoisotopic (exact) mass is 553 g/mol. The van der Waals surface area contributed by atoms with Crippen LogP contribution >= 0.6 is 0 Å². The number of nitrogens with two attached hydrogens (primary N) is 1. The van der Waals surface area contributed by atoms with Gasteiger partial charge < -0.3 is 20.8 Å². The lowest BCUT2D eigenvalue weighted by atomic mass is 10.0. The number of halogens is 3. The predicted octanol–water partition coefficient (Wildman–Crippen LogP) is 3.48. The van der Waals surface area contributed by atoms with E-state index in [9.17, 15) is 22.8 Å². The first-order chi connectivity index (χ1) is 19.2. The Kier molecular flexibility index (Phi) is 7.39. The minimum absolute atomic E-state index is 0.0348. The second kappa shape index (κ2) is 10.9. The first-order valence-corrected chi connectivity index (χ1v) is 12.5. The molecule has 0 aliphatic carbocycles. The average molecular weight is 554 g/mol. The molecule has 0 bridgehead atoms. The molecule has 3 aromatic heterocycles. The summed E-state index contributed by atoms with van der Waals surface area (Å²) < 4.78 is 48.5. The Labute approximate surface area is 226 Å². The fraction of sp³-hybridized carbons (Fsp3) is 0.296. The molecule has 1 aromatic carbocycles. The zero-order valence-electron chi connectivity index (χ0n) is 21.7. The Hall–Kier alpha value is -4.52. The average Bonchev–Trinajstić information content (AvgIpc) is 2.93. The molecule has 1 aliphatic heterocycles. The summed E-state index contributed by atoms with van der Waals surface area (Å²) >= 11 is 0. The third-order valence-corrected chi connectivity index (χ3v) is 6.68. The van der Waals surface area contributed by atoms with Gasteiger partial charge in [0.15, 0.2) is 0 Å². The molecule has 4 heterocycles. The van der Waals surface area contributed by atoms with Crippen LogP contribution in [0.25, 0.3) is 22.0 Å². The topological polar surface area (TPSA) is 128 Å². The van der Waals surface area contributed by atoms with Gasteiger partial charge in [-0.2, -0.15) is 0 Å². The summed E-state index contributed by atoms with van der Waals surface area (Å²) in [6.07, 6.45) is 0.00512. The number of aryl methyl sites for hydroxylation is 1. The summed E-state index contributed by atoms with van der Waals surface area (Å²) in [5.41, 5.74) is 5.24. The van der Waals surface area contributed by atoms with Crippen molar-refractivity contribution in [2.75, 3.05) is 36.6 Å². The predicted molar refractivity (Wildman–Crippen MR) is 142 cm³/mol. The lowest BCUT2D eigenvalue weighted by molar-refractivity contribution is 0.0995. The number of nitrogens with one attached hydrogen (secondary N) is 1. The van der Waals surface area contributed by atoms with E-state index in [1.807, 2.05) is 5.01 Å². The highest BCUT2D eigenvalue weighted by molar-refractivity contribution is 5.99. The molecule has 40 heavy (non-hydrogen) atoms. The van der Waals surface area contributed by atoms with Gasteiger partial charge in [-0.05, 0) is 19.9 Å². The molecule has 208 valence electrons. The highest BCUT2D eigenvalue weighted by Crippen LogP contribution is 2.32. The van der Waals surface area contributed by atoms with Crippen LogP contribution in [0.15, 0.2) is 47.5 Å². The minimum Gasteiger partial charge on any atom is -0.378 e. The highest BCUT2D eigenvalue weighted by atomic mass is 19.3. The quantitative estimate of drug-likeness (QED) is 0.356.